The van der Waals surface area contributed by atoms with Gasteiger partial charge in [-0.1, -0.05) is 30.3 Å². The number of nitrogens with zero attached hydrogens (tertiary/aromatic N) is 2. The maximum atomic E-state index is 14.4. The van der Waals surface area contributed by atoms with Crippen LogP contribution in [0.5, 0.6) is 0 Å². The molecule has 33 heavy (non-hydrogen) atoms. The summed E-state index contributed by atoms with van der Waals surface area (Å²) >= 11 is 0. The van der Waals surface area contributed by atoms with E-state index in [9.17, 15) is 22.0 Å². The van der Waals surface area contributed by atoms with Crippen molar-refractivity contribution in [1.82, 2.24) is 13.9 Å². The van der Waals surface area contributed by atoms with Crippen LogP contribution in [0.2, 0.25) is 0 Å². The number of amides is 1. The molecule has 1 aliphatic carbocycles. The summed E-state index contributed by atoms with van der Waals surface area (Å²) in [4.78, 5) is 15.0. The van der Waals surface area contributed by atoms with Crippen LogP contribution in [-0.4, -0.2) is 56.8 Å². The molecule has 0 aromatic heterocycles. The molecule has 178 valence electrons. The Labute approximate surface area is 193 Å². The Kier molecular flexibility index (Phi) is 6.83. The number of halogens is 2. The zero-order valence-electron chi connectivity index (χ0n) is 18.8. The Bertz CT molecular complexity index is 1120. The van der Waals surface area contributed by atoms with E-state index in [0.29, 0.717) is 44.3 Å². The van der Waals surface area contributed by atoms with Gasteiger partial charge in [-0.05, 0) is 54.9 Å². The number of rotatable bonds is 6. The molecule has 1 saturated heterocycles. The number of carbonyl (C=O) groups is 1. The van der Waals surface area contributed by atoms with Gasteiger partial charge in [-0.3, -0.25) is 4.79 Å². The summed E-state index contributed by atoms with van der Waals surface area (Å²) in [5, 5.41) is 0. The van der Waals surface area contributed by atoms with Crippen LogP contribution in [0.4, 0.5) is 8.78 Å². The maximum absolute atomic E-state index is 14.4. The average molecular weight is 478 g/mol. The Morgan fingerprint density at radius 3 is 2.42 bits per heavy atom. The third-order valence-corrected chi connectivity index (χ3v) is 8.13. The fraction of sp³-hybridized carbons (Fsp3) is 0.458. The van der Waals surface area contributed by atoms with Crippen LogP contribution in [0, 0.1) is 17.6 Å². The smallest absolute Gasteiger partial charge is 0.279 e. The van der Waals surface area contributed by atoms with Crippen LogP contribution >= 0.6 is 0 Å². The van der Waals surface area contributed by atoms with Crippen molar-refractivity contribution in [3.8, 4) is 11.1 Å². The molecular formula is C24H29F2N3O3S. The summed E-state index contributed by atoms with van der Waals surface area (Å²) in [5.74, 6) is -1.52. The van der Waals surface area contributed by atoms with Gasteiger partial charge in [0.2, 0.25) is 5.91 Å². The highest BCUT2D eigenvalue weighted by atomic mass is 32.2. The van der Waals surface area contributed by atoms with Gasteiger partial charge in [-0.15, -0.1) is 0 Å². The predicted molar refractivity (Wildman–Crippen MR) is 123 cm³/mol. The normalized spacial score (nSPS) is 23.4. The van der Waals surface area contributed by atoms with Crippen molar-refractivity contribution in [3.05, 3.63) is 59.7 Å². The van der Waals surface area contributed by atoms with Crippen molar-refractivity contribution >= 4 is 16.1 Å². The molecular weight excluding hydrogens is 448 g/mol. The monoisotopic (exact) mass is 477 g/mol. The topological polar surface area (TPSA) is 69.7 Å². The molecule has 4 rings (SSSR count). The summed E-state index contributed by atoms with van der Waals surface area (Å²) in [6.07, 6.45) is 2.56. The lowest BCUT2D eigenvalue weighted by molar-refractivity contribution is -0.132. The van der Waals surface area contributed by atoms with Gasteiger partial charge in [0.15, 0.2) is 0 Å². The number of hydrogen-bond acceptors (Lipinski definition) is 3. The summed E-state index contributed by atoms with van der Waals surface area (Å²) in [6.45, 7) is 1.05. The van der Waals surface area contributed by atoms with E-state index in [4.69, 9.17) is 0 Å². The van der Waals surface area contributed by atoms with E-state index in [2.05, 4.69) is 4.72 Å². The first-order valence-electron chi connectivity index (χ1n) is 11.2. The van der Waals surface area contributed by atoms with E-state index in [-0.39, 0.29) is 29.3 Å². The minimum Gasteiger partial charge on any atom is -0.342 e. The molecule has 2 aromatic rings. The van der Waals surface area contributed by atoms with Crippen molar-refractivity contribution in [2.45, 2.75) is 37.6 Å². The molecule has 1 amide bonds. The second kappa shape index (κ2) is 9.48. The first kappa shape index (κ1) is 23.8. The maximum Gasteiger partial charge on any atom is 0.279 e. The molecule has 0 radical (unpaired) electrons. The van der Waals surface area contributed by atoms with E-state index in [1.165, 1.54) is 32.3 Å². The standard InChI is InChI=1S/C24H29F2N3O3S/c1-28(2)33(31,32)27-16-7-6-13-29(14-12-16)24(30)20-15-19(20)17-8-3-4-9-18(17)23-21(25)10-5-11-22(23)26/h3-5,8-11,16,19-20,27H,6-7,12-15H2,1-2H3/t16-,19-,20+/m0/s1. The molecule has 1 heterocycles. The van der Waals surface area contributed by atoms with Crippen LogP contribution in [0.15, 0.2) is 42.5 Å². The molecule has 1 N–H and O–H groups in total. The van der Waals surface area contributed by atoms with Gasteiger partial charge in [0, 0.05) is 39.1 Å². The molecule has 3 atom stereocenters. The van der Waals surface area contributed by atoms with Crippen molar-refractivity contribution in [2.24, 2.45) is 5.92 Å². The van der Waals surface area contributed by atoms with Gasteiger partial charge in [0.05, 0.1) is 5.56 Å². The van der Waals surface area contributed by atoms with Gasteiger partial charge in [0.1, 0.15) is 11.6 Å². The fourth-order valence-corrected chi connectivity index (χ4v) is 5.47. The first-order valence-corrected chi connectivity index (χ1v) is 12.6. The highest BCUT2D eigenvalue weighted by molar-refractivity contribution is 7.87. The number of hydrogen-bond donors (Lipinski definition) is 1. The summed E-state index contributed by atoms with van der Waals surface area (Å²) in [6, 6.07) is 10.7. The van der Waals surface area contributed by atoms with Crippen LogP contribution in [0.3, 0.4) is 0 Å². The Balaban J connectivity index is 1.45. The lowest BCUT2D eigenvalue weighted by atomic mass is 9.95. The van der Waals surface area contributed by atoms with E-state index in [1.54, 1.807) is 17.0 Å². The van der Waals surface area contributed by atoms with Crippen LogP contribution < -0.4 is 4.72 Å². The number of benzene rings is 2. The lowest BCUT2D eigenvalue weighted by Crippen LogP contribution is -2.42. The number of likely N-dealkylation sites (tertiary alicyclic amines) is 1. The Hall–Kier alpha value is -2.36. The largest absolute Gasteiger partial charge is 0.342 e. The quantitative estimate of drug-likeness (QED) is 0.692. The van der Waals surface area contributed by atoms with E-state index in [0.717, 1.165) is 9.87 Å². The SMILES string of the molecule is CN(C)S(=O)(=O)N[C@H]1CCCN(C(=O)[C@@H]2C[C@H]2c2ccccc2-c2c(F)cccc2F)CC1. The predicted octanol–water partition coefficient (Wildman–Crippen LogP) is 3.51. The van der Waals surface area contributed by atoms with Gasteiger partial charge >= 0.3 is 0 Å². The van der Waals surface area contributed by atoms with E-state index >= 15 is 0 Å². The first-order chi connectivity index (χ1) is 15.7. The second-order valence-electron chi connectivity index (χ2n) is 8.99. The zero-order chi connectivity index (χ0) is 23.8. The van der Waals surface area contributed by atoms with Crippen molar-refractivity contribution in [2.75, 3.05) is 27.2 Å². The fourth-order valence-electron chi connectivity index (χ4n) is 4.60. The van der Waals surface area contributed by atoms with Gasteiger partial charge in [-0.2, -0.15) is 17.4 Å². The third kappa shape index (κ3) is 5.10. The highest BCUT2D eigenvalue weighted by Crippen LogP contribution is 2.51. The molecule has 2 fully saturated rings. The number of nitrogens with one attached hydrogen (secondary N) is 1. The molecule has 2 aliphatic rings. The van der Waals surface area contributed by atoms with Crippen molar-refractivity contribution in [1.29, 1.82) is 0 Å². The van der Waals surface area contributed by atoms with Crippen LogP contribution in [0.25, 0.3) is 11.1 Å². The minimum atomic E-state index is -3.52. The average Bonchev–Trinajstić information content (AvgIpc) is 3.58. The molecule has 2 aromatic carbocycles. The van der Waals surface area contributed by atoms with Gasteiger partial charge < -0.3 is 4.90 Å². The van der Waals surface area contributed by atoms with Crippen LogP contribution in [-0.2, 0) is 15.0 Å². The van der Waals surface area contributed by atoms with Gasteiger partial charge in [-0.25, -0.2) is 8.78 Å². The summed E-state index contributed by atoms with van der Waals surface area (Å²) in [5.41, 5.74) is 1.21. The van der Waals surface area contributed by atoms with Crippen molar-refractivity contribution < 1.29 is 22.0 Å². The Morgan fingerprint density at radius 2 is 1.73 bits per heavy atom. The minimum absolute atomic E-state index is 0.0277. The lowest BCUT2D eigenvalue weighted by Gasteiger charge is -2.22. The van der Waals surface area contributed by atoms with Gasteiger partial charge in [0.25, 0.3) is 10.2 Å². The van der Waals surface area contributed by atoms with Crippen molar-refractivity contribution in [3.63, 3.8) is 0 Å². The molecule has 9 heteroatoms. The molecule has 0 bridgehead atoms. The molecule has 0 spiro atoms. The molecule has 6 nitrogen and oxygen atoms in total. The second-order valence-corrected chi connectivity index (χ2v) is 10.9. The third-order valence-electron chi connectivity index (χ3n) is 6.54. The molecule has 1 saturated carbocycles. The van der Waals surface area contributed by atoms with E-state index in [1.807, 2.05) is 12.1 Å². The zero-order valence-corrected chi connectivity index (χ0v) is 19.6. The summed E-state index contributed by atoms with van der Waals surface area (Å²) in [7, 11) is -0.562. The molecule has 1 aliphatic heterocycles. The van der Waals surface area contributed by atoms with E-state index < -0.39 is 21.8 Å². The highest BCUT2D eigenvalue weighted by Gasteiger charge is 2.47. The Morgan fingerprint density at radius 1 is 1.03 bits per heavy atom. The summed E-state index contributed by atoms with van der Waals surface area (Å²) < 4.78 is 56.9. The van der Waals surface area contributed by atoms with Crippen LogP contribution in [0.1, 0.15) is 37.2 Å². The molecule has 0 unspecified atom stereocenters. The number of carbonyl (C=O) groups excluding carboxylic acids is 1.